The van der Waals surface area contributed by atoms with Gasteiger partial charge in [0.25, 0.3) is 0 Å². The summed E-state index contributed by atoms with van der Waals surface area (Å²) in [6, 6.07) is 8.56. The van der Waals surface area contributed by atoms with Crippen molar-refractivity contribution in [3.05, 3.63) is 69.9 Å². The Labute approximate surface area is 143 Å². The second kappa shape index (κ2) is 7.76. The van der Waals surface area contributed by atoms with E-state index in [2.05, 4.69) is 10.3 Å². The van der Waals surface area contributed by atoms with Crippen molar-refractivity contribution in [1.82, 2.24) is 4.98 Å². The quantitative estimate of drug-likeness (QED) is 0.543. The summed E-state index contributed by atoms with van der Waals surface area (Å²) < 4.78 is 0. The fourth-order valence-electron chi connectivity index (χ4n) is 1.85. The van der Waals surface area contributed by atoms with Crippen LogP contribution in [0.25, 0.3) is 0 Å². The lowest BCUT2D eigenvalue weighted by Gasteiger charge is -2.11. The Kier molecular flexibility index (Phi) is 5.73. The number of carbonyl (C=O) groups is 1. The van der Waals surface area contributed by atoms with Crippen LogP contribution >= 0.6 is 23.2 Å². The lowest BCUT2D eigenvalue weighted by Crippen LogP contribution is -2.08. The highest BCUT2D eigenvalue weighted by Gasteiger charge is 2.08. The molecule has 0 unspecified atom stereocenters. The highest BCUT2D eigenvalue weighted by atomic mass is 35.5. The van der Waals surface area contributed by atoms with E-state index in [1.54, 1.807) is 36.5 Å². The van der Waals surface area contributed by atoms with Gasteiger partial charge in [0.2, 0.25) is 0 Å². The lowest BCUT2D eigenvalue weighted by molar-refractivity contribution is -0.131. The van der Waals surface area contributed by atoms with Crippen LogP contribution in [-0.2, 0) is 11.3 Å². The number of benzene rings is 1. The summed E-state index contributed by atoms with van der Waals surface area (Å²) in [5.41, 5.74) is 1.38. The van der Waals surface area contributed by atoms with Gasteiger partial charge in [-0.15, -0.1) is 0 Å². The third-order valence-corrected chi connectivity index (χ3v) is 3.54. The van der Waals surface area contributed by atoms with Gasteiger partial charge in [0.1, 0.15) is 5.82 Å². The molecule has 1 aromatic heterocycles. The summed E-state index contributed by atoms with van der Waals surface area (Å²) in [6.07, 6.45) is 3.71. The van der Waals surface area contributed by atoms with Crippen LogP contribution in [-0.4, -0.2) is 21.8 Å². The molecule has 0 saturated carbocycles. The van der Waals surface area contributed by atoms with Crippen molar-refractivity contribution in [2.24, 2.45) is 0 Å². The van der Waals surface area contributed by atoms with Crippen molar-refractivity contribution in [3.8, 4) is 0 Å². The number of halogens is 2. The number of nitrogens with zero attached hydrogens (tertiary/aromatic N) is 1. The summed E-state index contributed by atoms with van der Waals surface area (Å²) in [6.45, 7) is 0.399. The van der Waals surface area contributed by atoms with Crippen LogP contribution in [0.5, 0.6) is 0 Å². The molecule has 1 aromatic carbocycles. The Hall–Kier alpha value is -2.37. The molecule has 5 nitrogen and oxygen atoms in total. The summed E-state index contributed by atoms with van der Waals surface area (Å²) in [7, 11) is 0. The topological polar surface area (TPSA) is 86.1 Å². The first-order valence-electron chi connectivity index (χ1n) is 6.60. The van der Waals surface area contributed by atoms with Gasteiger partial charge >= 0.3 is 5.97 Å². The van der Waals surface area contributed by atoms with E-state index in [-0.39, 0.29) is 5.71 Å². The first kappa shape index (κ1) is 17.0. The predicted octanol–water partition coefficient (Wildman–Crippen LogP) is 4.01. The molecule has 1 heterocycles. The highest BCUT2D eigenvalue weighted by Crippen LogP contribution is 2.22. The number of nitrogens with one attached hydrogen (secondary N) is 2. The van der Waals surface area contributed by atoms with Crippen molar-refractivity contribution in [2.45, 2.75) is 6.54 Å². The molecule has 3 N–H and O–H groups in total. The smallest absolute Gasteiger partial charge is 0.328 e. The lowest BCUT2D eigenvalue weighted by atomic mass is 10.1. The number of hydrogen-bond acceptors (Lipinski definition) is 4. The number of carboxylic acids is 1. The van der Waals surface area contributed by atoms with Crippen molar-refractivity contribution in [1.29, 1.82) is 5.41 Å². The zero-order chi connectivity index (χ0) is 16.8. The number of pyridine rings is 1. The van der Waals surface area contributed by atoms with Crippen LogP contribution in [0.1, 0.15) is 11.1 Å². The standard InChI is InChI=1S/C16H13Cl2N3O2/c17-11-4-3-10(13(18)8-11)9-21-16-12(2-1-7-20-16)14(19)5-6-15(22)23/h1-8,19H,9H2,(H,20,21)(H,22,23)/b6-5+,19-14?. The number of anilines is 1. The highest BCUT2D eigenvalue weighted by molar-refractivity contribution is 6.35. The maximum absolute atomic E-state index is 10.6. The molecular weight excluding hydrogens is 337 g/mol. The zero-order valence-electron chi connectivity index (χ0n) is 11.9. The maximum atomic E-state index is 10.6. The van der Waals surface area contributed by atoms with Crippen LogP contribution in [0.3, 0.4) is 0 Å². The first-order chi connectivity index (χ1) is 11.0. The number of allylic oxidation sites excluding steroid dienone is 1. The minimum absolute atomic E-state index is 0.0465. The van der Waals surface area contributed by atoms with Crippen LogP contribution in [0.2, 0.25) is 10.0 Å². The van der Waals surface area contributed by atoms with Crippen LogP contribution in [0, 0.1) is 5.41 Å². The van der Waals surface area contributed by atoms with Crippen molar-refractivity contribution in [2.75, 3.05) is 5.32 Å². The monoisotopic (exact) mass is 349 g/mol. The van der Waals surface area contributed by atoms with Gasteiger partial charge in [0.15, 0.2) is 0 Å². The third-order valence-electron chi connectivity index (χ3n) is 2.95. The second-order valence-corrected chi connectivity index (χ2v) is 5.42. The zero-order valence-corrected chi connectivity index (χ0v) is 13.4. The van der Waals surface area contributed by atoms with E-state index in [4.69, 9.17) is 33.7 Å². The fourth-order valence-corrected chi connectivity index (χ4v) is 2.33. The third kappa shape index (κ3) is 4.81. The Morgan fingerprint density at radius 3 is 2.78 bits per heavy atom. The molecule has 0 amide bonds. The van der Waals surface area contributed by atoms with Gasteiger partial charge in [0, 0.05) is 34.4 Å². The molecule has 118 valence electrons. The molecule has 0 aliphatic carbocycles. The number of aliphatic carboxylic acids is 1. The van der Waals surface area contributed by atoms with Gasteiger partial charge in [-0.25, -0.2) is 9.78 Å². The minimum Gasteiger partial charge on any atom is -0.478 e. The molecule has 2 rings (SSSR count). The van der Waals surface area contributed by atoms with Crippen LogP contribution in [0.4, 0.5) is 5.82 Å². The first-order valence-corrected chi connectivity index (χ1v) is 7.35. The van der Waals surface area contributed by atoms with Crippen LogP contribution in [0.15, 0.2) is 48.7 Å². The van der Waals surface area contributed by atoms with Gasteiger partial charge in [-0.2, -0.15) is 0 Å². The van der Waals surface area contributed by atoms with E-state index in [0.717, 1.165) is 11.6 Å². The molecule has 0 spiro atoms. The van der Waals surface area contributed by atoms with Gasteiger partial charge in [-0.3, -0.25) is 0 Å². The van der Waals surface area contributed by atoms with E-state index in [9.17, 15) is 4.79 Å². The molecule has 0 aliphatic heterocycles. The number of hydrogen-bond donors (Lipinski definition) is 3. The summed E-state index contributed by atoms with van der Waals surface area (Å²) in [5, 5.41) is 20.8. The summed E-state index contributed by atoms with van der Waals surface area (Å²) >= 11 is 12.0. The molecule has 0 aliphatic rings. The molecule has 7 heteroatoms. The Bertz CT molecular complexity index is 776. The van der Waals surface area contributed by atoms with E-state index < -0.39 is 5.97 Å². The summed E-state index contributed by atoms with van der Waals surface area (Å²) in [5.74, 6) is -0.639. The maximum Gasteiger partial charge on any atom is 0.328 e. The van der Waals surface area contributed by atoms with Crippen LogP contribution < -0.4 is 5.32 Å². The Morgan fingerprint density at radius 1 is 1.30 bits per heavy atom. The number of aromatic nitrogens is 1. The summed E-state index contributed by atoms with van der Waals surface area (Å²) in [4.78, 5) is 14.7. The SMILES string of the molecule is N=C(/C=C/C(=O)O)c1cccnc1NCc1ccc(Cl)cc1Cl. The van der Waals surface area contributed by atoms with E-state index in [0.29, 0.717) is 28.0 Å². The molecule has 0 saturated heterocycles. The largest absolute Gasteiger partial charge is 0.478 e. The number of carboxylic acid groups (broad SMARTS) is 1. The van der Waals surface area contributed by atoms with Gasteiger partial charge in [-0.1, -0.05) is 29.3 Å². The predicted molar refractivity (Wildman–Crippen MR) is 91.6 cm³/mol. The average molecular weight is 350 g/mol. The molecule has 0 bridgehead atoms. The molecule has 0 fully saturated rings. The van der Waals surface area contributed by atoms with Gasteiger partial charge in [-0.05, 0) is 35.9 Å². The van der Waals surface area contributed by atoms with E-state index >= 15 is 0 Å². The van der Waals surface area contributed by atoms with Gasteiger partial charge < -0.3 is 15.8 Å². The average Bonchev–Trinajstić information content (AvgIpc) is 2.52. The molecule has 23 heavy (non-hydrogen) atoms. The van der Waals surface area contributed by atoms with Crippen molar-refractivity contribution < 1.29 is 9.90 Å². The minimum atomic E-state index is -1.11. The van der Waals surface area contributed by atoms with E-state index in [1.807, 2.05) is 0 Å². The van der Waals surface area contributed by atoms with E-state index in [1.165, 1.54) is 6.08 Å². The van der Waals surface area contributed by atoms with Crippen molar-refractivity contribution in [3.63, 3.8) is 0 Å². The van der Waals surface area contributed by atoms with Gasteiger partial charge in [0.05, 0.1) is 5.71 Å². The Morgan fingerprint density at radius 2 is 2.09 bits per heavy atom. The molecule has 2 aromatic rings. The second-order valence-electron chi connectivity index (χ2n) is 4.57. The number of rotatable bonds is 6. The normalized spacial score (nSPS) is 10.7. The van der Waals surface area contributed by atoms with Crippen molar-refractivity contribution >= 4 is 40.7 Å². The Balaban J connectivity index is 2.17. The molecule has 0 atom stereocenters. The molecule has 0 radical (unpaired) electrons. The fraction of sp³-hybridized carbons (Fsp3) is 0.0625. The molecular formula is C16H13Cl2N3O2.